The molecule has 0 aromatic carbocycles. The number of aliphatic carboxylic acids is 1. The van der Waals surface area contributed by atoms with Crippen molar-refractivity contribution < 1.29 is 24.2 Å². The summed E-state index contributed by atoms with van der Waals surface area (Å²) in [7, 11) is 1.58. The lowest BCUT2D eigenvalue weighted by atomic mass is 9.40. The maximum absolute atomic E-state index is 12.7. The Labute approximate surface area is 155 Å². The molecule has 0 radical (unpaired) electrons. The fraction of sp³-hybridized carbons (Fsp3) is 0.810. The summed E-state index contributed by atoms with van der Waals surface area (Å²) in [4.78, 5) is 24.8. The van der Waals surface area contributed by atoms with Crippen LogP contribution in [0.15, 0.2) is 11.1 Å². The zero-order valence-electron chi connectivity index (χ0n) is 16.3. The monoisotopic (exact) mass is 362 g/mol. The van der Waals surface area contributed by atoms with Gasteiger partial charge < -0.3 is 14.6 Å². The van der Waals surface area contributed by atoms with Gasteiger partial charge in [0.2, 0.25) is 6.29 Å². The minimum Gasteiger partial charge on any atom is -0.481 e. The molecule has 2 fully saturated rings. The van der Waals surface area contributed by atoms with E-state index in [2.05, 4.69) is 13.8 Å². The Hall–Kier alpha value is -1.36. The van der Waals surface area contributed by atoms with Gasteiger partial charge in [-0.15, -0.1) is 0 Å². The second kappa shape index (κ2) is 5.57. The van der Waals surface area contributed by atoms with Crippen molar-refractivity contribution in [3.63, 3.8) is 0 Å². The molecule has 0 spiro atoms. The molecular weight excluding hydrogens is 332 g/mol. The number of fused-ring (bicyclic) bond motifs is 4. The van der Waals surface area contributed by atoms with E-state index in [9.17, 15) is 14.7 Å². The summed E-state index contributed by atoms with van der Waals surface area (Å²) in [5.41, 5.74) is 0.911. The van der Waals surface area contributed by atoms with Gasteiger partial charge in [-0.3, -0.25) is 4.79 Å². The second-order valence-corrected chi connectivity index (χ2v) is 9.56. The van der Waals surface area contributed by atoms with Crippen molar-refractivity contribution in [2.24, 2.45) is 28.1 Å². The third-order valence-electron chi connectivity index (χ3n) is 8.49. The van der Waals surface area contributed by atoms with Crippen LogP contribution >= 0.6 is 0 Å². The predicted octanol–water partition coefficient (Wildman–Crippen LogP) is 3.92. The molecule has 1 N–H and O–H groups in total. The number of carbonyl (C=O) groups is 2. The maximum atomic E-state index is 12.7. The molecule has 4 aliphatic rings. The van der Waals surface area contributed by atoms with Gasteiger partial charge in [-0.05, 0) is 62.7 Å². The summed E-state index contributed by atoms with van der Waals surface area (Å²) in [5.74, 6) is -0.405. The van der Waals surface area contributed by atoms with Crippen LogP contribution in [-0.2, 0) is 19.1 Å². The summed E-state index contributed by atoms with van der Waals surface area (Å²) >= 11 is 0. The number of cyclic esters (lactones) is 1. The molecule has 4 rings (SSSR count). The van der Waals surface area contributed by atoms with Crippen LogP contribution in [0.3, 0.4) is 0 Å². The average molecular weight is 362 g/mol. The van der Waals surface area contributed by atoms with Crippen LogP contribution in [0.4, 0.5) is 0 Å². The molecule has 0 bridgehead atoms. The van der Waals surface area contributed by atoms with Crippen LogP contribution in [0, 0.1) is 28.1 Å². The first-order valence-electron chi connectivity index (χ1n) is 9.89. The van der Waals surface area contributed by atoms with Crippen molar-refractivity contribution in [1.82, 2.24) is 0 Å². The molecule has 144 valence electrons. The summed E-state index contributed by atoms with van der Waals surface area (Å²) in [5, 5.41) is 9.97. The van der Waals surface area contributed by atoms with E-state index < -0.39 is 17.7 Å². The lowest BCUT2D eigenvalue weighted by Crippen LogP contribution is -2.58. The Morgan fingerprint density at radius 2 is 1.88 bits per heavy atom. The van der Waals surface area contributed by atoms with Crippen LogP contribution in [0.1, 0.15) is 65.7 Å². The largest absolute Gasteiger partial charge is 0.481 e. The Bertz CT molecular complexity index is 697. The second-order valence-electron chi connectivity index (χ2n) is 9.56. The van der Waals surface area contributed by atoms with Crippen molar-refractivity contribution in [2.45, 2.75) is 72.0 Å². The number of carbonyl (C=O) groups excluding carboxylic acids is 1. The predicted molar refractivity (Wildman–Crippen MR) is 95.2 cm³/mol. The highest BCUT2D eigenvalue weighted by atomic mass is 16.7. The minimum atomic E-state index is -0.660. The molecule has 0 aromatic heterocycles. The van der Waals surface area contributed by atoms with Crippen molar-refractivity contribution >= 4 is 11.9 Å². The molecule has 5 heteroatoms. The standard InChI is InChI=1S/C21H30O5/c1-19-9-5-10-21(3,18(23)24)14(19)8-11-20(2)13(19)7-6-12-15(20)16(22)26-17(12)25-4/h13-14,17H,5-11H2,1-4H3,(H,23,24)/t13-,14-,17-,19-,20-,21+/m1/s1. The van der Waals surface area contributed by atoms with Crippen LogP contribution in [0.5, 0.6) is 0 Å². The highest BCUT2D eigenvalue weighted by Gasteiger charge is 2.64. The fourth-order valence-electron chi connectivity index (χ4n) is 7.34. The zero-order valence-corrected chi connectivity index (χ0v) is 16.3. The van der Waals surface area contributed by atoms with Crippen LogP contribution in [0.2, 0.25) is 0 Å². The first-order valence-corrected chi connectivity index (χ1v) is 9.89. The molecule has 0 unspecified atom stereocenters. The molecule has 0 amide bonds. The van der Waals surface area contributed by atoms with Gasteiger partial charge in [-0.2, -0.15) is 0 Å². The molecule has 1 aliphatic heterocycles. The van der Waals surface area contributed by atoms with Crippen molar-refractivity contribution in [2.75, 3.05) is 7.11 Å². The van der Waals surface area contributed by atoms with E-state index in [1.807, 2.05) is 6.92 Å². The third kappa shape index (κ3) is 2.07. The number of ether oxygens (including phenoxy) is 2. The topological polar surface area (TPSA) is 72.8 Å². The molecular formula is C21H30O5. The number of esters is 1. The van der Waals surface area contributed by atoms with Crippen molar-refractivity contribution in [1.29, 1.82) is 0 Å². The van der Waals surface area contributed by atoms with Crippen LogP contribution < -0.4 is 0 Å². The number of methoxy groups -OCH3 is 1. The normalized spacial score (nSPS) is 47.7. The van der Waals surface area contributed by atoms with Crippen LogP contribution in [-0.4, -0.2) is 30.4 Å². The zero-order chi connectivity index (χ0) is 18.9. The summed E-state index contributed by atoms with van der Waals surface area (Å²) in [6, 6.07) is 0. The first kappa shape index (κ1) is 18.0. The highest BCUT2D eigenvalue weighted by molar-refractivity contribution is 5.94. The van der Waals surface area contributed by atoms with E-state index in [-0.39, 0.29) is 22.7 Å². The molecule has 26 heavy (non-hydrogen) atoms. The highest BCUT2D eigenvalue weighted by Crippen LogP contribution is 2.69. The van der Waals surface area contributed by atoms with E-state index in [0.29, 0.717) is 5.92 Å². The number of carboxylic acid groups (broad SMARTS) is 1. The Balaban J connectivity index is 1.78. The van der Waals surface area contributed by atoms with Gasteiger partial charge in [0.15, 0.2) is 0 Å². The van der Waals surface area contributed by atoms with Gasteiger partial charge in [-0.1, -0.05) is 20.3 Å². The Morgan fingerprint density at radius 3 is 2.54 bits per heavy atom. The lowest BCUT2D eigenvalue weighted by Gasteiger charge is -2.63. The number of hydrogen-bond acceptors (Lipinski definition) is 4. The number of rotatable bonds is 2. The molecule has 0 aromatic rings. The van der Waals surface area contributed by atoms with Crippen molar-refractivity contribution in [3.05, 3.63) is 11.1 Å². The fourth-order valence-corrected chi connectivity index (χ4v) is 7.34. The molecule has 6 atom stereocenters. The molecule has 3 aliphatic carbocycles. The summed E-state index contributed by atoms with van der Waals surface area (Å²) < 4.78 is 10.9. The van der Waals surface area contributed by atoms with E-state index in [0.717, 1.165) is 56.1 Å². The van der Waals surface area contributed by atoms with E-state index in [1.54, 1.807) is 7.11 Å². The SMILES string of the molecule is CO[C@@H]1OC(=O)C2=C1CC[C@@H]1[C@@]3(C)CCC[C@](C)(C(=O)O)[C@@H]3CC[C@@]21C. The summed E-state index contributed by atoms with van der Waals surface area (Å²) in [6.45, 7) is 6.44. The molecule has 1 heterocycles. The van der Waals surface area contributed by atoms with E-state index >= 15 is 0 Å². The van der Waals surface area contributed by atoms with Gasteiger partial charge in [0.05, 0.1) is 5.41 Å². The quantitative estimate of drug-likeness (QED) is 0.754. The molecule has 5 nitrogen and oxygen atoms in total. The average Bonchev–Trinajstić information content (AvgIpc) is 2.91. The van der Waals surface area contributed by atoms with Gasteiger partial charge in [0.25, 0.3) is 0 Å². The minimum absolute atomic E-state index is 0.0532. The lowest BCUT2D eigenvalue weighted by molar-refractivity contribution is -0.176. The smallest absolute Gasteiger partial charge is 0.337 e. The number of carboxylic acids is 1. The van der Waals surface area contributed by atoms with Crippen LogP contribution in [0.25, 0.3) is 0 Å². The van der Waals surface area contributed by atoms with Gasteiger partial charge in [0.1, 0.15) is 0 Å². The third-order valence-corrected chi connectivity index (χ3v) is 8.49. The van der Waals surface area contributed by atoms with Gasteiger partial charge in [-0.25, -0.2) is 4.79 Å². The summed E-state index contributed by atoms with van der Waals surface area (Å²) in [6.07, 6.45) is 5.72. The van der Waals surface area contributed by atoms with E-state index in [1.165, 1.54) is 0 Å². The number of hydrogen-bond donors (Lipinski definition) is 1. The van der Waals surface area contributed by atoms with Gasteiger partial charge in [0, 0.05) is 23.7 Å². The Kier molecular flexibility index (Phi) is 3.86. The van der Waals surface area contributed by atoms with E-state index in [4.69, 9.17) is 9.47 Å². The maximum Gasteiger partial charge on any atom is 0.337 e. The molecule has 0 saturated heterocycles. The van der Waals surface area contributed by atoms with Crippen molar-refractivity contribution in [3.8, 4) is 0 Å². The Morgan fingerprint density at radius 1 is 1.15 bits per heavy atom. The van der Waals surface area contributed by atoms with Gasteiger partial charge >= 0.3 is 11.9 Å². The molecule has 2 saturated carbocycles. The first-order chi connectivity index (χ1) is 12.2.